The SMILES string of the molecule is CCCc1cnc2oc(-c3ccccc3)nc2c1. The molecule has 1 aromatic carbocycles. The number of oxazole rings is 1. The Labute approximate surface area is 105 Å². The van der Waals surface area contributed by atoms with Crippen molar-refractivity contribution in [1.29, 1.82) is 0 Å². The molecule has 2 heterocycles. The molecule has 0 atom stereocenters. The Hall–Kier alpha value is -2.16. The molecule has 3 aromatic rings. The molecule has 0 aliphatic heterocycles. The highest BCUT2D eigenvalue weighted by atomic mass is 16.4. The Balaban J connectivity index is 2.06. The highest BCUT2D eigenvalue weighted by Crippen LogP contribution is 2.23. The molecule has 0 spiro atoms. The summed E-state index contributed by atoms with van der Waals surface area (Å²) in [7, 11) is 0. The van der Waals surface area contributed by atoms with Crippen molar-refractivity contribution in [3.8, 4) is 11.5 Å². The van der Waals surface area contributed by atoms with Gasteiger partial charge in [0.05, 0.1) is 0 Å². The minimum Gasteiger partial charge on any atom is -0.418 e. The fourth-order valence-corrected chi connectivity index (χ4v) is 1.99. The van der Waals surface area contributed by atoms with Gasteiger partial charge in [-0.25, -0.2) is 9.97 Å². The van der Waals surface area contributed by atoms with Crippen LogP contribution in [0.1, 0.15) is 18.9 Å². The summed E-state index contributed by atoms with van der Waals surface area (Å²) in [6.45, 7) is 2.16. The Morgan fingerprint density at radius 1 is 1.17 bits per heavy atom. The van der Waals surface area contributed by atoms with Crippen LogP contribution in [0.2, 0.25) is 0 Å². The monoisotopic (exact) mass is 238 g/mol. The Morgan fingerprint density at radius 3 is 2.78 bits per heavy atom. The Morgan fingerprint density at radius 2 is 2.00 bits per heavy atom. The van der Waals surface area contributed by atoms with Crippen molar-refractivity contribution < 1.29 is 4.42 Å². The van der Waals surface area contributed by atoms with Gasteiger partial charge in [-0.1, -0.05) is 31.5 Å². The average Bonchev–Trinajstić information content (AvgIpc) is 2.83. The van der Waals surface area contributed by atoms with Crippen LogP contribution >= 0.6 is 0 Å². The minimum absolute atomic E-state index is 0.605. The number of hydrogen-bond donors (Lipinski definition) is 0. The van der Waals surface area contributed by atoms with Crippen LogP contribution in [-0.2, 0) is 6.42 Å². The molecule has 3 heteroatoms. The van der Waals surface area contributed by atoms with Crippen LogP contribution in [0.4, 0.5) is 0 Å². The van der Waals surface area contributed by atoms with E-state index in [-0.39, 0.29) is 0 Å². The third-order valence-electron chi connectivity index (χ3n) is 2.86. The summed E-state index contributed by atoms with van der Waals surface area (Å²) >= 11 is 0. The number of pyridine rings is 1. The fourth-order valence-electron chi connectivity index (χ4n) is 1.99. The van der Waals surface area contributed by atoms with E-state index in [9.17, 15) is 0 Å². The van der Waals surface area contributed by atoms with Gasteiger partial charge in [-0.15, -0.1) is 0 Å². The summed E-state index contributed by atoms with van der Waals surface area (Å²) < 4.78 is 5.66. The van der Waals surface area contributed by atoms with Crippen molar-refractivity contribution in [3.05, 3.63) is 48.2 Å². The Kier molecular flexibility index (Phi) is 2.81. The standard InChI is InChI=1S/C15H14N2O/c1-2-6-11-9-13-15(16-10-11)18-14(17-13)12-7-4-3-5-8-12/h3-5,7-10H,2,6H2,1H3. The molecule has 0 saturated carbocycles. The molecular formula is C15H14N2O. The normalized spacial score (nSPS) is 10.9. The largest absolute Gasteiger partial charge is 0.418 e. The molecule has 90 valence electrons. The van der Waals surface area contributed by atoms with E-state index >= 15 is 0 Å². The average molecular weight is 238 g/mol. The van der Waals surface area contributed by atoms with Crippen molar-refractivity contribution in [1.82, 2.24) is 9.97 Å². The van der Waals surface area contributed by atoms with E-state index in [4.69, 9.17) is 4.42 Å². The van der Waals surface area contributed by atoms with E-state index in [0.717, 1.165) is 23.9 Å². The lowest BCUT2D eigenvalue weighted by Crippen LogP contribution is -1.84. The van der Waals surface area contributed by atoms with E-state index in [2.05, 4.69) is 23.0 Å². The molecule has 0 amide bonds. The van der Waals surface area contributed by atoms with Gasteiger partial charge in [-0.2, -0.15) is 0 Å². The van der Waals surface area contributed by atoms with Crippen LogP contribution in [0.15, 0.2) is 47.0 Å². The number of aromatic nitrogens is 2. The van der Waals surface area contributed by atoms with Crippen LogP contribution in [0.25, 0.3) is 22.7 Å². The summed E-state index contributed by atoms with van der Waals surface area (Å²) in [6, 6.07) is 11.9. The van der Waals surface area contributed by atoms with Crippen LogP contribution in [0.5, 0.6) is 0 Å². The summed E-state index contributed by atoms with van der Waals surface area (Å²) in [5, 5.41) is 0. The van der Waals surface area contributed by atoms with Gasteiger partial charge in [0.2, 0.25) is 11.6 Å². The van der Waals surface area contributed by atoms with Gasteiger partial charge >= 0.3 is 0 Å². The topological polar surface area (TPSA) is 38.9 Å². The molecule has 2 aromatic heterocycles. The van der Waals surface area contributed by atoms with Gasteiger partial charge in [-0.05, 0) is 30.2 Å². The highest BCUT2D eigenvalue weighted by molar-refractivity contribution is 5.73. The van der Waals surface area contributed by atoms with E-state index in [1.807, 2.05) is 36.5 Å². The first-order valence-electron chi connectivity index (χ1n) is 6.17. The van der Waals surface area contributed by atoms with E-state index in [1.54, 1.807) is 0 Å². The van der Waals surface area contributed by atoms with Crippen LogP contribution in [0.3, 0.4) is 0 Å². The summed E-state index contributed by atoms with van der Waals surface area (Å²) in [6.07, 6.45) is 4.00. The molecule has 0 radical (unpaired) electrons. The summed E-state index contributed by atoms with van der Waals surface area (Å²) in [5.41, 5.74) is 3.62. The van der Waals surface area contributed by atoms with Crippen LogP contribution < -0.4 is 0 Å². The van der Waals surface area contributed by atoms with Crippen LogP contribution in [0, 0.1) is 0 Å². The second-order valence-corrected chi connectivity index (χ2v) is 4.30. The van der Waals surface area contributed by atoms with Gasteiger partial charge in [0.25, 0.3) is 0 Å². The smallest absolute Gasteiger partial charge is 0.247 e. The molecular weight excluding hydrogens is 224 g/mol. The highest BCUT2D eigenvalue weighted by Gasteiger charge is 2.09. The number of benzene rings is 1. The first kappa shape index (κ1) is 11.0. The van der Waals surface area contributed by atoms with Crippen molar-refractivity contribution >= 4 is 11.2 Å². The molecule has 0 unspecified atom stereocenters. The van der Waals surface area contributed by atoms with Gasteiger partial charge in [0, 0.05) is 11.8 Å². The first-order chi connectivity index (χ1) is 8.86. The summed E-state index contributed by atoms with van der Waals surface area (Å²) in [4.78, 5) is 8.81. The van der Waals surface area contributed by atoms with Crippen LogP contribution in [-0.4, -0.2) is 9.97 Å². The lowest BCUT2D eigenvalue weighted by molar-refractivity contribution is 0.607. The maximum absolute atomic E-state index is 5.66. The lowest BCUT2D eigenvalue weighted by atomic mass is 10.2. The molecule has 0 N–H and O–H groups in total. The number of hydrogen-bond acceptors (Lipinski definition) is 3. The van der Waals surface area contributed by atoms with E-state index in [1.165, 1.54) is 5.56 Å². The number of aryl methyl sites for hydroxylation is 1. The first-order valence-corrected chi connectivity index (χ1v) is 6.17. The maximum atomic E-state index is 5.66. The van der Waals surface area contributed by atoms with Crippen molar-refractivity contribution in [2.24, 2.45) is 0 Å². The lowest BCUT2D eigenvalue weighted by Gasteiger charge is -1.94. The zero-order chi connectivity index (χ0) is 12.4. The quantitative estimate of drug-likeness (QED) is 0.695. The molecule has 0 bridgehead atoms. The number of fused-ring (bicyclic) bond motifs is 1. The molecule has 3 nitrogen and oxygen atoms in total. The maximum Gasteiger partial charge on any atom is 0.247 e. The molecule has 0 fully saturated rings. The van der Waals surface area contributed by atoms with Crippen molar-refractivity contribution in [2.45, 2.75) is 19.8 Å². The van der Waals surface area contributed by atoms with Gasteiger partial charge in [0.1, 0.15) is 5.52 Å². The van der Waals surface area contributed by atoms with Gasteiger partial charge in [0.15, 0.2) is 0 Å². The van der Waals surface area contributed by atoms with E-state index in [0.29, 0.717) is 11.6 Å². The van der Waals surface area contributed by atoms with E-state index < -0.39 is 0 Å². The fraction of sp³-hybridized carbons (Fsp3) is 0.200. The summed E-state index contributed by atoms with van der Waals surface area (Å²) in [5.74, 6) is 0.631. The predicted molar refractivity (Wildman–Crippen MR) is 71.2 cm³/mol. The van der Waals surface area contributed by atoms with Crippen molar-refractivity contribution in [3.63, 3.8) is 0 Å². The molecule has 3 rings (SSSR count). The third-order valence-corrected chi connectivity index (χ3v) is 2.86. The van der Waals surface area contributed by atoms with Crippen molar-refractivity contribution in [2.75, 3.05) is 0 Å². The Bertz CT molecular complexity index is 659. The number of nitrogens with zero attached hydrogens (tertiary/aromatic N) is 2. The molecule has 18 heavy (non-hydrogen) atoms. The molecule has 0 saturated heterocycles. The second kappa shape index (κ2) is 4.61. The zero-order valence-electron chi connectivity index (χ0n) is 10.3. The molecule has 0 aliphatic carbocycles. The third kappa shape index (κ3) is 1.99. The van der Waals surface area contributed by atoms with Gasteiger partial charge < -0.3 is 4.42 Å². The van der Waals surface area contributed by atoms with Gasteiger partial charge in [-0.3, -0.25) is 0 Å². The predicted octanol–water partition coefficient (Wildman–Crippen LogP) is 3.84. The minimum atomic E-state index is 0.605. The zero-order valence-corrected chi connectivity index (χ0v) is 10.3. The molecule has 0 aliphatic rings. The second-order valence-electron chi connectivity index (χ2n) is 4.30. The number of rotatable bonds is 3.